The first-order chi connectivity index (χ1) is 9.96. The van der Waals surface area contributed by atoms with Gasteiger partial charge in [0.05, 0.1) is 11.1 Å². The molecule has 0 radical (unpaired) electrons. The molecule has 0 aliphatic rings. The molecule has 0 aliphatic carbocycles. The number of rotatable bonds is 4. The van der Waals surface area contributed by atoms with Crippen LogP contribution in [0.1, 0.15) is 22.8 Å². The summed E-state index contributed by atoms with van der Waals surface area (Å²) in [5.41, 5.74) is 0.781. The third kappa shape index (κ3) is 3.79. The number of carbonyl (C=O) groups excluding carboxylic acids is 1. The Balaban J connectivity index is 2.30. The molecule has 2 rings (SSSR count). The van der Waals surface area contributed by atoms with Crippen molar-refractivity contribution in [3.8, 4) is 0 Å². The van der Waals surface area contributed by atoms with Gasteiger partial charge < -0.3 is 5.32 Å². The molecule has 0 spiro atoms. The highest BCUT2D eigenvalue weighted by Gasteiger charge is 2.28. The van der Waals surface area contributed by atoms with Gasteiger partial charge in [-0.3, -0.25) is 4.79 Å². The number of alkyl halides is 1. The van der Waals surface area contributed by atoms with Gasteiger partial charge in [0.2, 0.25) is 0 Å². The van der Waals surface area contributed by atoms with Gasteiger partial charge in [-0.2, -0.15) is 0 Å². The largest absolute Gasteiger partial charge is 0.342 e. The Bertz CT molecular complexity index is 648. The molecular weight excluding hydrogens is 373 g/mol. The molecule has 21 heavy (non-hydrogen) atoms. The van der Waals surface area contributed by atoms with Crippen LogP contribution in [0.25, 0.3) is 0 Å². The van der Waals surface area contributed by atoms with E-state index in [-0.39, 0.29) is 11.8 Å². The number of hydrogen-bond acceptors (Lipinski definition) is 1. The highest BCUT2D eigenvalue weighted by Crippen LogP contribution is 2.25. The van der Waals surface area contributed by atoms with E-state index >= 15 is 0 Å². The molecular formula is C16H14BrCl2NO. The number of amides is 1. The topological polar surface area (TPSA) is 29.1 Å². The van der Waals surface area contributed by atoms with Crippen LogP contribution in [-0.4, -0.2) is 11.8 Å². The molecule has 1 amide bonds. The van der Waals surface area contributed by atoms with Crippen LogP contribution in [0.5, 0.6) is 0 Å². The molecule has 2 aromatic rings. The SMILES string of the molecule is CC(CCl)(NC(=O)c1cc(Cl)ccc1Br)c1ccccc1. The first-order valence-corrected chi connectivity index (χ1v) is 8.06. The molecule has 1 atom stereocenters. The summed E-state index contributed by atoms with van der Waals surface area (Å²) in [6, 6.07) is 14.7. The minimum Gasteiger partial charge on any atom is -0.342 e. The predicted octanol–water partition coefficient (Wildman–Crippen LogP) is 4.99. The highest BCUT2D eigenvalue weighted by atomic mass is 79.9. The molecule has 0 aliphatic heterocycles. The van der Waals surface area contributed by atoms with Crippen LogP contribution in [0.4, 0.5) is 0 Å². The monoisotopic (exact) mass is 385 g/mol. The van der Waals surface area contributed by atoms with Gasteiger partial charge in [0.1, 0.15) is 0 Å². The van der Waals surface area contributed by atoms with E-state index < -0.39 is 5.54 Å². The minimum atomic E-state index is -0.651. The third-order valence-corrected chi connectivity index (χ3v) is 4.70. The molecule has 2 aromatic carbocycles. The Morgan fingerprint density at radius 2 is 1.90 bits per heavy atom. The molecule has 1 N–H and O–H groups in total. The van der Waals surface area contributed by atoms with Gasteiger partial charge in [0, 0.05) is 15.4 Å². The van der Waals surface area contributed by atoms with Crippen molar-refractivity contribution in [3.05, 3.63) is 69.2 Å². The predicted molar refractivity (Wildman–Crippen MR) is 91.1 cm³/mol. The fraction of sp³-hybridized carbons (Fsp3) is 0.188. The van der Waals surface area contributed by atoms with Crippen molar-refractivity contribution in [2.24, 2.45) is 0 Å². The van der Waals surface area contributed by atoms with Gasteiger partial charge in [0.25, 0.3) is 5.91 Å². The summed E-state index contributed by atoms with van der Waals surface area (Å²) in [7, 11) is 0. The molecule has 0 saturated carbocycles. The molecule has 110 valence electrons. The minimum absolute atomic E-state index is 0.226. The van der Waals surface area contributed by atoms with E-state index in [0.29, 0.717) is 15.1 Å². The fourth-order valence-corrected chi connectivity index (χ4v) is 2.80. The van der Waals surface area contributed by atoms with Crippen LogP contribution < -0.4 is 5.32 Å². The molecule has 1 unspecified atom stereocenters. The second-order valence-corrected chi connectivity index (χ2v) is 6.47. The van der Waals surface area contributed by atoms with Crippen molar-refractivity contribution < 1.29 is 4.79 Å². The molecule has 0 heterocycles. The molecule has 0 aromatic heterocycles. The van der Waals surface area contributed by atoms with Crippen LogP contribution in [0.2, 0.25) is 5.02 Å². The summed E-state index contributed by atoms with van der Waals surface area (Å²) in [6.07, 6.45) is 0. The van der Waals surface area contributed by atoms with Crippen molar-refractivity contribution in [2.75, 3.05) is 5.88 Å². The molecule has 0 bridgehead atoms. The number of nitrogens with one attached hydrogen (secondary N) is 1. The quantitative estimate of drug-likeness (QED) is 0.737. The number of halogens is 3. The summed E-state index contributed by atoms with van der Waals surface area (Å²) in [5, 5.41) is 3.49. The maximum Gasteiger partial charge on any atom is 0.253 e. The van der Waals surface area contributed by atoms with Crippen molar-refractivity contribution in [3.63, 3.8) is 0 Å². The molecule has 0 fully saturated rings. The van der Waals surface area contributed by atoms with Gasteiger partial charge >= 0.3 is 0 Å². The second-order valence-electron chi connectivity index (χ2n) is 4.91. The average molecular weight is 387 g/mol. The van der Waals surface area contributed by atoms with Crippen LogP contribution in [0, 0.1) is 0 Å². The van der Waals surface area contributed by atoms with Crippen LogP contribution in [0.3, 0.4) is 0 Å². The van der Waals surface area contributed by atoms with Gasteiger partial charge in [-0.15, -0.1) is 11.6 Å². The van der Waals surface area contributed by atoms with Gasteiger partial charge in [-0.25, -0.2) is 0 Å². The second kappa shape index (κ2) is 6.82. The number of carbonyl (C=O) groups is 1. The number of benzene rings is 2. The van der Waals surface area contributed by atoms with Gasteiger partial charge in [0.15, 0.2) is 0 Å². The first-order valence-electron chi connectivity index (χ1n) is 6.35. The third-order valence-electron chi connectivity index (χ3n) is 3.24. The Kier molecular flexibility index (Phi) is 5.31. The average Bonchev–Trinajstić information content (AvgIpc) is 2.50. The lowest BCUT2D eigenvalue weighted by atomic mass is 9.93. The Morgan fingerprint density at radius 3 is 2.52 bits per heavy atom. The van der Waals surface area contributed by atoms with Crippen molar-refractivity contribution in [1.82, 2.24) is 5.32 Å². The van der Waals surface area contributed by atoms with E-state index in [1.165, 1.54) is 0 Å². The standard InChI is InChI=1S/C16H14BrCl2NO/c1-16(10-18,11-5-3-2-4-6-11)20-15(21)13-9-12(19)7-8-14(13)17/h2-9H,10H2,1H3,(H,20,21). The van der Waals surface area contributed by atoms with Crippen LogP contribution in [0.15, 0.2) is 53.0 Å². The summed E-state index contributed by atoms with van der Waals surface area (Å²) in [4.78, 5) is 12.5. The zero-order valence-corrected chi connectivity index (χ0v) is 14.5. The molecule has 5 heteroatoms. The Labute approximate surface area is 142 Å². The van der Waals surface area contributed by atoms with Crippen molar-refractivity contribution in [1.29, 1.82) is 0 Å². The maximum atomic E-state index is 12.5. The molecule has 0 saturated heterocycles. The lowest BCUT2D eigenvalue weighted by molar-refractivity contribution is 0.0912. The Morgan fingerprint density at radius 1 is 1.24 bits per heavy atom. The van der Waals surface area contributed by atoms with Crippen LogP contribution >= 0.6 is 39.1 Å². The Hall–Kier alpha value is -1.03. The summed E-state index contributed by atoms with van der Waals surface area (Å²) >= 11 is 15.4. The van der Waals surface area contributed by atoms with E-state index in [4.69, 9.17) is 23.2 Å². The van der Waals surface area contributed by atoms with Crippen molar-refractivity contribution in [2.45, 2.75) is 12.5 Å². The van der Waals surface area contributed by atoms with Crippen molar-refractivity contribution >= 4 is 45.0 Å². The van der Waals surface area contributed by atoms with E-state index in [0.717, 1.165) is 5.56 Å². The smallest absolute Gasteiger partial charge is 0.253 e. The van der Waals surface area contributed by atoms with E-state index in [9.17, 15) is 4.79 Å². The highest BCUT2D eigenvalue weighted by molar-refractivity contribution is 9.10. The first kappa shape index (κ1) is 16.3. The zero-order valence-electron chi connectivity index (χ0n) is 11.4. The lowest BCUT2D eigenvalue weighted by Gasteiger charge is -2.29. The number of hydrogen-bond donors (Lipinski definition) is 1. The van der Waals surface area contributed by atoms with Gasteiger partial charge in [-0.05, 0) is 46.6 Å². The lowest BCUT2D eigenvalue weighted by Crippen LogP contribution is -2.45. The normalized spacial score (nSPS) is 13.5. The van der Waals surface area contributed by atoms with E-state index in [1.807, 2.05) is 37.3 Å². The summed E-state index contributed by atoms with van der Waals surface area (Å²) in [5.74, 6) is 0.0392. The summed E-state index contributed by atoms with van der Waals surface area (Å²) < 4.78 is 0.689. The van der Waals surface area contributed by atoms with Crippen LogP contribution in [-0.2, 0) is 5.54 Å². The summed E-state index contributed by atoms with van der Waals surface area (Å²) in [6.45, 7) is 1.89. The van der Waals surface area contributed by atoms with Gasteiger partial charge in [-0.1, -0.05) is 41.9 Å². The fourth-order valence-electron chi connectivity index (χ4n) is 1.98. The van der Waals surface area contributed by atoms with E-state index in [1.54, 1.807) is 18.2 Å². The zero-order chi connectivity index (χ0) is 15.5. The van der Waals surface area contributed by atoms with E-state index in [2.05, 4.69) is 21.2 Å². The maximum absolute atomic E-state index is 12.5. The molecule has 2 nitrogen and oxygen atoms in total.